The van der Waals surface area contributed by atoms with Crippen molar-refractivity contribution in [1.82, 2.24) is 20.6 Å². The summed E-state index contributed by atoms with van der Waals surface area (Å²) in [7, 11) is 0. The molecule has 0 aliphatic heterocycles. The first-order valence-corrected chi connectivity index (χ1v) is 12.9. The van der Waals surface area contributed by atoms with Crippen LogP contribution in [0, 0.1) is 5.41 Å². The van der Waals surface area contributed by atoms with Gasteiger partial charge in [0.1, 0.15) is 11.6 Å². The van der Waals surface area contributed by atoms with E-state index >= 15 is 0 Å². The number of para-hydroxylation sites is 2. The van der Waals surface area contributed by atoms with Crippen molar-refractivity contribution in [2.45, 2.75) is 59.0 Å². The van der Waals surface area contributed by atoms with Crippen molar-refractivity contribution in [2.75, 3.05) is 6.61 Å². The van der Waals surface area contributed by atoms with E-state index in [9.17, 15) is 14.4 Å². The first-order valence-electron chi connectivity index (χ1n) is 12.9. The fourth-order valence-corrected chi connectivity index (χ4v) is 4.58. The first-order chi connectivity index (χ1) is 18.0. The number of benzene rings is 2. The summed E-state index contributed by atoms with van der Waals surface area (Å²) in [5.74, 6) is -1.25. The SMILES string of the molecule is CCOC(=O)C(C)(Cc1c[nH]c2ccccc12)NC(=O)C(Cc1c[nH]c2ccccc12)NC(=O)C(C)(C)C. The molecule has 0 fully saturated rings. The summed E-state index contributed by atoms with van der Waals surface area (Å²) in [6.45, 7) is 8.96. The molecule has 0 spiro atoms. The Labute approximate surface area is 222 Å². The summed E-state index contributed by atoms with van der Waals surface area (Å²) in [5, 5.41) is 7.81. The number of hydrogen-bond donors (Lipinski definition) is 4. The Hall–Kier alpha value is -4.07. The van der Waals surface area contributed by atoms with Gasteiger partial charge in [-0.3, -0.25) is 9.59 Å². The number of H-pyrrole nitrogens is 2. The molecule has 0 saturated carbocycles. The van der Waals surface area contributed by atoms with Gasteiger partial charge in [0.15, 0.2) is 0 Å². The van der Waals surface area contributed by atoms with Gasteiger partial charge in [-0.05, 0) is 37.1 Å². The lowest BCUT2D eigenvalue weighted by Crippen LogP contribution is -2.60. The molecule has 4 rings (SSSR count). The Morgan fingerprint density at radius 3 is 2.00 bits per heavy atom. The number of fused-ring (bicyclic) bond motifs is 2. The molecule has 0 saturated heterocycles. The highest BCUT2D eigenvalue weighted by atomic mass is 16.5. The highest BCUT2D eigenvalue weighted by Gasteiger charge is 2.40. The molecule has 200 valence electrons. The molecule has 4 N–H and O–H groups in total. The van der Waals surface area contributed by atoms with Crippen molar-refractivity contribution in [2.24, 2.45) is 5.41 Å². The van der Waals surface area contributed by atoms with Crippen LogP contribution in [-0.2, 0) is 32.0 Å². The summed E-state index contributed by atoms with van der Waals surface area (Å²) >= 11 is 0. The molecule has 8 heteroatoms. The number of ether oxygens (including phenoxy) is 1. The van der Waals surface area contributed by atoms with E-state index in [0.717, 1.165) is 32.9 Å². The normalized spacial score (nSPS) is 14.1. The van der Waals surface area contributed by atoms with E-state index in [-0.39, 0.29) is 25.4 Å². The van der Waals surface area contributed by atoms with E-state index in [1.807, 2.05) is 60.9 Å². The standard InChI is InChI=1S/C30H36N4O4/c1-6-38-28(37)30(5,16-20-18-32-24-14-10-8-12-22(20)24)34-26(35)25(33-27(36)29(2,3)4)15-19-17-31-23-13-9-7-11-21(19)23/h7-14,17-18,25,31-32H,6,15-16H2,1-5H3,(H,33,36)(H,34,35). The molecule has 2 aromatic heterocycles. The maximum atomic E-state index is 13.8. The Bertz CT molecular complexity index is 1460. The van der Waals surface area contributed by atoms with E-state index in [1.54, 1.807) is 34.6 Å². The highest BCUT2D eigenvalue weighted by Crippen LogP contribution is 2.25. The van der Waals surface area contributed by atoms with Crippen LogP contribution in [0.25, 0.3) is 21.8 Å². The number of hydrogen-bond acceptors (Lipinski definition) is 4. The molecule has 2 unspecified atom stereocenters. The summed E-state index contributed by atoms with van der Waals surface area (Å²) in [4.78, 5) is 46.5. The van der Waals surface area contributed by atoms with Crippen molar-refractivity contribution in [3.63, 3.8) is 0 Å². The third-order valence-corrected chi connectivity index (χ3v) is 6.75. The van der Waals surface area contributed by atoms with Gasteiger partial charge in [0.05, 0.1) is 6.61 Å². The van der Waals surface area contributed by atoms with Crippen LogP contribution in [-0.4, -0.2) is 45.9 Å². The van der Waals surface area contributed by atoms with Gasteiger partial charge in [-0.2, -0.15) is 0 Å². The van der Waals surface area contributed by atoms with E-state index in [0.29, 0.717) is 0 Å². The van der Waals surface area contributed by atoms with Crippen LogP contribution >= 0.6 is 0 Å². The van der Waals surface area contributed by atoms with Gasteiger partial charge in [-0.1, -0.05) is 57.2 Å². The molecule has 2 amide bonds. The van der Waals surface area contributed by atoms with Crippen molar-refractivity contribution in [3.05, 3.63) is 72.1 Å². The lowest BCUT2D eigenvalue weighted by atomic mass is 9.91. The summed E-state index contributed by atoms with van der Waals surface area (Å²) in [5.41, 5.74) is 1.60. The second-order valence-corrected chi connectivity index (χ2v) is 10.9. The fraction of sp³-hybridized carbons (Fsp3) is 0.367. The Kier molecular flexibility index (Phi) is 7.62. The van der Waals surface area contributed by atoms with Gasteiger partial charge in [-0.15, -0.1) is 0 Å². The highest BCUT2D eigenvalue weighted by molar-refractivity contribution is 5.95. The van der Waals surface area contributed by atoms with E-state index in [4.69, 9.17) is 4.74 Å². The molecule has 4 aromatic rings. The molecule has 8 nitrogen and oxygen atoms in total. The Morgan fingerprint density at radius 1 is 0.868 bits per heavy atom. The smallest absolute Gasteiger partial charge is 0.331 e. The zero-order chi connectivity index (χ0) is 27.5. The maximum Gasteiger partial charge on any atom is 0.331 e. The van der Waals surface area contributed by atoms with Gasteiger partial charge in [0.2, 0.25) is 11.8 Å². The van der Waals surface area contributed by atoms with Crippen LogP contribution in [0.4, 0.5) is 0 Å². The number of amides is 2. The van der Waals surface area contributed by atoms with Gasteiger partial charge >= 0.3 is 5.97 Å². The number of carbonyl (C=O) groups is 3. The summed E-state index contributed by atoms with van der Waals surface area (Å²) in [6.07, 6.45) is 4.17. The second-order valence-electron chi connectivity index (χ2n) is 10.9. The van der Waals surface area contributed by atoms with Gasteiger partial charge in [-0.25, -0.2) is 4.79 Å². The molecule has 0 aliphatic rings. The summed E-state index contributed by atoms with van der Waals surface area (Å²) in [6, 6.07) is 14.7. The van der Waals surface area contributed by atoms with Crippen LogP contribution in [0.15, 0.2) is 60.9 Å². The molecular formula is C30H36N4O4. The molecule has 2 aromatic carbocycles. The molecule has 2 heterocycles. The van der Waals surface area contributed by atoms with Crippen molar-refractivity contribution in [3.8, 4) is 0 Å². The minimum atomic E-state index is -1.36. The molecular weight excluding hydrogens is 480 g/mol. The lowest BCUT2D eigenvalue weighted by Gasteiger charge is -2.31. The van der Waals surface area contributed by atoms with E-state index in [1.165, 1.54) is 0 Å². The molecule has 0 aliphatic carbocycles. The number of aromatic nitrogens is 2. The molecule has 2 atom stereocenters. The minimum absolute atomic E-state index is 0.178. The predicted molar refractivity (Wildman–Crippen MR) is 149 cm³/mol. The number of nitrogens with one attached hydrogen (secondary N) is 4. The zero-order valence-electron chi connectivity index (χ0n) is 22.6. The monoisotopic (exact) mass is 516 g/mol. The minimum Gasteiger partial charge on any atom is -0.464 e. The van der Waals surface area contributed by atoms with E-state index in [2.05, 4.69) is 20.6 Å². The Balaban J connectivity index is 1.65. The summed E-state index contributed by atoms with van der Waals surface area (Å²) < 4.78 is 5.39. The fourth-order valence-electron chi connectivity index (χ4n) is 4.58. The first kappa shape index (κ1) is 27.0. The van der Waals surface area contributed by atoms with E-state index < -0.39 is 28.9 Å². The van der Waals surface area contributed by atoms with Crippen LogP contribution in [0.5, 0.6) is 0 Å². The van der Waals surface area contributed by atoms with Crippen LogP contribution in [0.2, 0.25) is 0 Å². The van der Waals surface area contributed by atoms with Gasteiger partial charge < -0.3 is 25.3 Å². The average molecular weight is 517 g/mol. The third-order valence-electron chi connectivity index (χ3n) is 6.75. The zero-order valence-corrected chi connectivity index (χ0v) is 22.6. The van der Waals surface area contributed by atoms with Gasteiger partial charge in [0, 0.05) is 52.5 Å². The largest absolute Gasteiger partial charge is 0.464 e. The number of esters is 1. The molecule has 0 bridgehead atoms. The predicted octanol–water partition coefficient (Wildman–Crippen LogP) is 4.40. The number of aromatic amines is 2. The van der Waals surface area contributed by atoms with Crippen molar-refractivity contribution >= 4 is 39.6 Å². The quantitative estimate of drug-likeness (QED) is 0.247. The van der Waals surface area contributed by atoms with Gasteiger partial charge in [0.25, 0.3) is 0 Å². The average Bonchev–Trinajstić information content (AvgIpc) is 3.47. The lowest BCUT2D eigenvalue weighted by molar-refractivity contribution is -0.152. The van der Waals surface area contributed by atoms with Crippen molar-refractivity contribution in [1.29, 1.82) is 0 Å². The van der Waals surface area contributed by atoms with Crippen LogP contribution in [0.3, 0.4) is 0 Å². The van der Waals surface area contributed by atoms with Crippen LogP contribution in [0.1, 0.15) is 45.7 Å². The van der Waals surface area contributed by atoms with Crippen molar-refractivity contribution < 1.29 is 19.1 Å². The second kappa shape index (κ2) is 10.7. The number of carbonyl (C=O) groups excluding carboxylic acids is 3. The number of rotatable bonds is 9. The molecule has 38 heavy (non-hydrogen) atoms. The van der Waals surface area contributed by atoms with Crippen LogP contribution < -0.4 is 10.6 Å². The topological polar surface area (TPSA) is 116 Å². The maximum absolute atomic E-state index is 13.8. The Morgan fingerprint density at radius 2 is 1.42 bits per heavy atom. The third kappa shape index (κ3) is 5.74. The molecule has 0 radical (unpaired) electrons.